The minimum absolute atomic E-state index is 0.572. The van der Waals surface area contributed by atoms with Gasteiger partial charge in [-0.15, -0.1) is 0 Å². The van der Waals surface area contributed by atoms with E-state index in [1.807, 2.05) is 0 Å². The van der Waals surface area contributed by atoms with Crippen molar-refractivity contribution in [1.29, 1.82) is 0 Å². The maximum atomic E-state index is 13.6. The molecule has 38 heavy (non-hydrogen) atoms. The summed E-state index contributed by atoms with van der Waals surface area (Å²) < 4.78 is 279. The standard InChI is InChI=1S/C15H7F21O2/c1-4(2)5(37)38-3-6(16,17)7(18,19)8(20,21)9(22,23)10(24,25)11(26,27)12(28,29)13(30,31)14(32,33)15(34,35)36/h1,3H2,2H3. The molecule has 0 heterocycles. The van der Waals surface area contributed by atoms with Crippen LogP contribution in [0.15, 0.2) is 12.2 Å². The lowest BCUT2D eigenvalue weighted by Gasteiger charge is -2.44. The molecule has 0 aromatic rings. The van der Waals surface area contributed by atoms with E-state index in [-0.39, 0.29) is 0 Å². The van der Waals surface area contributed by atoms with Crippen LogP contribution in [0, 0.1) is 0 Å². The summed E-state index contributed by atoms with van der Waals surface area (Å²) in [6.45, 7) is -0.255. The quantitative estimate of drug-likeness (QED) is 0.137. The van der Waals surface area contributed by atoms with Crippen LogP contribution in [0.1, 0.15) is 6.92 Å². The second-order valence-electron chi connectivity index (χ2n) is 7.15. The van der Waals surface area contributed by atoms with E-state index in [0.717, 1.165) is 0 Å². The van der Waals surface area contributed by atoms with Crippen molar-refractivity contribution < 1.29 is 102 Å². The van der Waals surface area contributed by atoms with E-state index < -0.39 is 77.6 Å². The van der Waals surface area contributed by atoms with Gasteiger partial charge >= 0.3 is 65.4 Å². The van der Waals surface area contributed by atoms with E-state index in [2.05, 4.69) is 11.3 Å². The Kier molecular flexibility index (Phi) is 8.61. The van der Waals surface area contributed by atoms with Gasteiger partial charge < -0.3 is 4.74 Å². The van der Waals surface area contributed by atoms with Gasteiger partial charge in [-0.3, -0.25) is 0 Å². The number of carbonyl (C=O) groups is 1. The van der Waals surface area contributed by atoms with E-state index in [0.29, 0.717) is 6.92 Å². The molecule has 0 aromatic carbocycles. The predicted octanol–water partition coefficient (Wildman–Crippen LogP) is 7.39. The summed E-state index contributed by atoms with van der Waals surface area (Å²) in [6.07, 6.45) is -8.03. The van der Waals surface area contributed by atoms with Crippen molar-refractivity contribution in [2.45, 2.75) is 66.4 Å². The van der Waals surface area contributed by atoms with Crippen molar-refractivity contribution in [3.05, 3.63) is 12.2 Å². The Labute approximate surface area is 194 Å². The highest BCUT2D eigenvalue weighted by atomic mass is 19.4. The van der Waals surface area contributed by atoms with Crippen LogP contribution in [-0.4, -0.2) is 72.1 Å². The Bertz CT molecular complexity index is 912. The van der Waals surface area contributed by atoms with Crippen molar-refractivity contribution in [3.8, 4) is 0 Å². The molecule has 0 saturated carbocycles. The highest BCUT2D eigenvalue weighted by Gasteiger charge is 2.97. The van der Waals surface area contributed by atoms with E-state index in [1.54, 1.807) is 0 Å². The summed E-state index contributed by atoms with van der Waals surface area (Å²) in [5, 5.41) is 0. The summed E-state index contributed by atoms with van der Waals surface area (Å²) in [5.74, 6) is -80.1. The van der Waals surface area contributed by atoms with Gasteiger partial charge in [0.2, 0.25) is 0 Å². The van der Waals surface area contributed by atoms with E-state index >= 15 is 0 Å². The zero-order valence-corrected chi connectivity index (χ0v) is 17.2. The van der Waals surface area contributed by atoms with Crippen LogP contribution >= 0.6 is 0 Å². The van der Waals surface area contributed by atoms with Crippen LogP contribution in [0.3, 0.4) is 0 Å². The van der Waals surface area contributed by atoms with Gasteiger partial charge in [0.15, 0.2) is 6.61 Å². The molecule has 0 saturated heterocycles. The third-order valence-electron chi connectivity index (χ3n) is 4.31. The van der Waals surface area contributed by atoms with Gasteiger partial charge in [0.25, 0.3) is 0 Å². The fourth-order valence-corrected chi connectivity index (χ4v) is 1.96. The lowest BCUT2D eigenvalue weighted by atomic mass is 9.86. The Morgan fingerprint density at radius 2 is 0.737 bits per heavy atom. The van der Waals surface area contributed by atoms with E-state index in [1.165, 1.54) is 0 Å². The average Bonchev–Trinajstić information content (AvgIpc) is 2.69. The minimum atomic E-state index is -9.23. The monoisotopic (exact) mass is 618 g/mol. The molecule has 23 heteroatoms. The molecule has 0 aliphatic rings. The molecule has 0 aliphatic carbocycles. The Hall–Kier alpha value is -2.26. The number of rotatable bonds is 11. The summed E-state index contributed by atoms with van der Waals surface area (Å²) in [4.78, 5) is 10.9. The molecule has 0 aliphatic heterocycles. The van der Waals surface area contributed by atoms with E-state index in [4.69, 9.17) is 0 Å². The summed E-state index contributed by atoms with van der Waals surface area (Å²) in [7, 11) is 0. The molecule has 0 N–H and O–H groups in total. The fraction of sp³-hybridized carbons (Fsp3) is 0.800. The van der Waals surface area contributed by atoms with Crippen molar-refractivity contribution in [1.82, 2.24) is 0 Å². The maximum Gasteiger partial charge on any atom is 0.460 e. The second kappa shape index (κ2) is 9.15. The lowest BCUT2D eigenvalue weighted by molar-refractivity contribution is -0.474. The molecule has 0 bridgehead atoms. The number of hydrogen-bond donors (Lipinski definition) is 0. The molecular weight excluding hydrogens is 611 g/mol. The first-order valence-corrected chi connectivity index (χ1v) is 8.37. The molecule has 0 aromatic heterocycles. The van der Waals surface area contributed by atoms with Crippen molar-refractivity contribution in [3.63, 3.8) is 0 Å². The number of ether oxygens (including phenoxy) is 1. The van der Waals surface area contributed by atoms with Crippen LogP contribution < -0.4 is 0 Å². The van der Waals surface area contributed by atoms with Gasteiger partial charge in [-0.2, -0.15) is 92.2 Å². The highest BCUT2D eigenvalue weighted by Crippen LogP contribution is 2.66. The Balaban J connectivity index is 6.92. The minimum Gasteiger partial charge on any atom is -0.456 e. The van der Waals surface area contributed by atoms with Crippen molar-refractivity contribution in [2.75, 3.05) is 6.61 Å². The lowest BCUT2D eigenvalue weighted by Crippen LogP contribution is -2.77. The largest absolute Gasteiger partial charge is 0.460 e. The van der Waals surface area contributed by atoms with Crippen LogP contribution in [0.2, 0.25) is 0 Å². The van der Waals surface area contributed by atoms with Crippen molar-refractivity contribution >= 4 is 5.97 Å². The van der Waals surface area contributed by atoms with Gasteiger partial charge in [-0.25, -0.2) is 4.79 Å². The molecule has 0 atom stereocenters. The van der Waals surface area contributed by atoms with Gasteiger partial charge in [0.05, 0.1) is 0 Å². The summed E-state index contributed by atoms with van der Waals surface area (Å²) >= 11 is 0. The van der Waals surface area contributed by atoms with Crippen LogP contribution in [0.25, 0.3) is 0 Å². The first kappa shape index (κ1) is 35.7. The van der Waals surface area contributed by atoms with Crippen LogP contribution in [0.4, 0.5) is 92.2 Å². The number of alkyl halides is 21. The van der Waals surface area contributed by atoms with Crippen LogP contribution in [-0.2, 0) is 9.53 Å². The van der Waals surface area contributed by atoms with E-state index in [9.17, 15) is 97.0 Å². The molecule has 0 radical (unpaired) electrons. The molecular formula is C15H7F21O2. The first-order valence-electron chi connectivity index (χ1n) is 8.37. The number of esters is 1. The average molecular weight is 618 g/mol. The fourth-order valence-electron chi connectivity index (χ4n) is 1.96. The summed E-state index contributed by atoms with van der Waals surface area (Å²) in [6, 6.07) is 0. The van der Waals surface area contributed by atoms with Crippen molar-refractivity contribution in [2.24, 2.45) is 0 Å². The Morgan fingerprint density at radius 3 is 0.974 bits per heavy atom. The number of halogens is 21. The smallest absolute Gasteiger partial charge is 0.456 e. The molecule has 0 unspecified atom stereocenters. The van der Waals surface area contributed by atoms with Gasteiger partial charge in [-0.1, -0.05) is 6.58 Å². The predicted molar refractivity (Wildman–Crippen MR) is 76.4 cm³/mol. The SMILES string of the molecule is C=C(C)C(=O)OCC(F)(F)C(F)(F)C(F)(F)C(F)(F)C(F)(F)C(F)(F)C(F)(F)C(F)(F)C(F)(F)C(F)(F)F. The molecule has 2 nitrogen and oxygen atoms in total. The van der Waals surface area contributed by atoms with Gasteiger partial charge in [0.1, 0.15) is 0 Å². The van der Waals surface area contributed by atoms with Gasteiger partial charge in [-0.05, 0) is 6.92 Å². The van der Waals surface area contributed by atoms with Gasteiger partial charge in [0, 0.05) is 5.57 Å². The number of carbonyl (C=O) groups excluding carboxylic acids is 1. The zero-order valence-electron chi connectivity index (χ0n) is 17.2. The maximum absolute atomic E-state index is 13.6. The third kappa shape index (κ3) is 4.59. The number of hydrogen-bond acceptors (Lipinski definition) is 2. The third-order valence-corrected chi connectivity index (χ3v) is 4.31. The molecule has 0 rings (SSSR count). The second-order valence-corrected chi connectivity index (χ2v) is 7.15. The molecule has 0 amide bonds. The topological polar surface area (TPSA) is 26.3 Å². The first-order chi connectivity index (χ1) is 16.1. The molecule has 226 valence electrons. The van der Waals surface area contributed by atoms with Crippen LogP contribution in [0.5, 0.6) is 0 Å². The zero-order chi connectivity index (χ0) is 31.6. The molecule has 0 fully saturated rings. The highest BCUT2D eigenvalue weighted by molar-refractivity contribution is 5.86. The molecule has 0 spiro atoms. The summed E-state index contributed by atoms with van der Waals surface area (Å²) in [5.41, 5.74) is -0.980. The normalized spacial score (nSPS) is 15.9. The Morgan fingerprint density at radius 1 is 0.500 bits per heavy atom.